The lowest BCUT2D eigenvalue weighted by atomic mass is 10.4. The first-order chi connectivity index (χ1) is 26.7. The van der Waals surface area contributed by atoms with E-state index in [1.54, 1.807) is 6.92 Å². The second-order valence-corrected chi connectivity index (χ2v) is 39.4. The van der Waals surface area contributed by atoms with Crippen molar-refractivity contribution >= 4 is 57.1 Å². The average molecular weight is 894 g/mol. The van der Waals surface area contributed by atoms with E-state index < -0.39 is 51.1 Å². The Bertz CT molecular complexity index is 1000. The van der Waals surface area contributed by atoms with Crippen LogP contribution in [0.4, 0.5) is 0 Å². The summed E-state index contributed by atoms with van der Waals surface area (Å²) in [5.74, 6) is -0.316. The first kappa shape index (κ1) is 56.3. The van der Waals surface area contributed by atoms with Gasteiger partial charge in [0, 0.05) is 17.7 Å². The van der Waals surface area contributed by atoms with Crippen molar-refractivity contribution in [1.82, 2.24) is 0 Å². The van der Waals surface area contributed by atoms with E-state index in [4.69, 9.17) is 25.0 Å². The lowest BCUT2D eigenvalue weighted by molar-refractivity contribution is -0.132. The quantitative estimate of drug-likeness (QED) is 0.0451. The molecular formula is C43H96O7Si6. The van der Waals surface area contributed by atoms with Gasteiger partial charge < -0.3 is 25.0 Å². The van der Waals surface area contributed by atoms with Crippen molar-refractivity contribution in [2.24, 2.45) is 0 Å². The average Bonchev–Trinajstić information content (AvgIpc) is 3.09. The molecule has 7 nitrogen and oxygen atoms in total. The molecule has 0 bridgehead atoms. The van der Waals surface area contributed by atoms with Crippen molar-refractivity contribution in [2.75, 3.05) is 0 Å². The van der Waals surface area contributed by atoms with Crippen molar-refractivity contribution in [3.8, 4) is 0 Å². The van der Waals surface area contributed by atoms with Gasteiger partial charge in [-0.25, -0.2) is 4.79 Å². The predicted octanol–water partition coefficient (Wildman–Crippen LogP) is 15.7. The van der Waals surface area contributed by atoms with Gasteiger partial charge in [0.15, 0.2) is 8.32 Å². The summed E-state index contributed by atoms with van der Waals surface area (Å²) in [5, 5.41) is 0. The number of rotatable bonds is 38. The van der Waals surface area contributed by atoms with Gasteiger partial charge in [-0.05, 0) is 73.4 Å². The molecule has 0 aromatic rings. The Morgan fingerprint density at radius 3 is 0.750 bits per heavy atom. The fourth-order valence-corrected chi connectivity index (χ4v) is 47.4. The summed E-state index contributed by atoms with van der Waals surface area (Å²) < 4.78 is 46.6. The van der Waals surface area contributed by atoms with Crippen molar-refractivity contribution in [3.63, 3.8) is 0 Å². The van der Waals surface area contributed by atoms with E-state index in [1.165, 1.54) is 37.4 Å². The predicted molar refractivity (Wildman–Crippen MR) is 257 cm³/mol. The Morgan fingerprint density at radius 2 is 0.536 bits per heavy atom. The molecule has 56 heavy (non-hydrogen) atoms. The molecule has 0 fully saturated rings. The Kier molecular flexibility index (Phi) is 29.7. The Morgan fingerprint density at radius 1 is 0.339 bits per heavy atom. The smallest absolute Gasteiger partial charge is 0.393 e. The maximum atomic E-state index is 13.4. The van der Waals surface area contributed by atoms with Gasteiger partial charge in [-0.3, -0.25) is 0 Å². The summed E-state index contributed by atoms with van der Waals surface area (Å²) in [4.78, 5) is 13.4. The minimum absolute atomic E-state index is 0.316. The van der Waals surface area contributed by atoms with Crippen LogP contribution in [-0.2, 0) is 29.8 Å². The van der Waals surface area contributed by atoms with E-state index in [2.05, 4.69) is 96.6 Å². The lowest BCUT2D eigenvalue weighted by Gasteiger charge is -2.51. The molecule has 0 aliphatic carbocycles. The highest BCUT2D eigenvalue weighted by Gasteiger charge is 2.58. The Balaban J connectivity index is 7.98. The van der Waals surface area contributed by atoms with E-state index in [1.807, 2.05) is 0 Å². The van der Waals surface area contributed by atoms with E-state index in [0.29, 0.717) is 5.57 Å². The maximum Gasteiger partial charge on any atom is 0.393 e. The Hall–Kier alpha value is 0.311. The van der Waals surface area contributed by atoms with Crippen LogP contribution >= 0.6 is 0 Å². The third-order valence-corrected chi connectivity index (χ3v) is 43.5. The van der Waals surface area contributed by atoms with Crippen LogP contribution in [0.3, 0.4) is 0 Å². The summed E-state index contributed by atoms with van der Waals surface area (Å²) in [6.07, 6.45) is 13.5. The molecule has 0 unspecified atom stereocenters. The fraction of sp³-hybridized carbons (Fsp3) is 0.930. The number of carbonyl (C=O) groups is 1. The van der Waals surface area contributed by atoms with Gasteiger partial charge in [-0.2, -0.15) is 0 Å². The van der Waals surface area contributed by atoms with E-state index in [9.17, 15) is 4.79 Å². The zero-order valence-electron chi connectivity index (χ0n) is 39.9. The highest BCUT2D eigenvalue weighted by molar-refractivity contribution is 6.93. The molecule has 0 amide bonds. The second-order valence-electron chi connectivity index (χ2n) is 17.2. The molecule has 0 heterocycles. The van der Waals surface area contributed by atoms with Crippen LogP contribution in [0.2, 0.25) is 78.6 Å². The third kappa shape index (κ3) is 18.5. The molecule has 0 aromatic carbocycles. The number of hydrogen-bond donors (Lipinski definition) is 0. The molecule has 0 aliphatic rings. The Labute approximate surface area is 356 Å². The van der Waals surface area contributed by atoms with Crippen molar-refractivity contribution in [1.29, 1.82) is 0 Å². The second kappa shape index (κ2) is 29.5. The van der Waals surface area contributed by atoms with Gasteiger partial charge in [-0.1, -0.05) is 180 Å². The molecule has 0 aliphatic heterocycles. The molecule has 0 radical (unpaired) electrons. The molecule has 0 N–H and O–H groups in total. The molecule has 0 saturated carbocycles. The highest BCUT2D eigenvalue weighted by Crippen LogP contribution is 2.44. The van der Waals surface area contributed by atoms with Crippen LogP contribution in [0.15, 0.2) is 12.2 Å². The minimum atomic E-state index is -3.01. The highest BCUT2D eigenvalue weighted by atomic mass is 28.5. The molecule has 0 rings (SSSR count). The van der Waals surface area contributed by atoms with E-state index >= 15 is 0 Å². The molecule has 0 spiro atoms. The zero-order chi connectivity index (χ0) is 42.8. The summed E-state index contributed by atoms with van der Waals surface area (Å²) in [5.41, 5.74) is 0.436. The van der Waals surface area contributed by atoms with Crippen LogP contribution in [0, 0.1) is 0 Å². The topological polar surface area (TPSA) is 72.5 Å². The molecule has 13 heteroatoms. The first-order valence-corrected chi connectivity index (χ1v) is 37.7. The molecule has 0 aromatic heterocycles. The fourth-order valence-electron chi connectivity index (χ4n) is 9.46. The number of hydrogen-bond acceptors (Lipinski definition) is 7. The summed E-state index contributed by atoms with van der Waals surface area (Å²) >= 11 is 0. The maximum absolute atomic E-state index is 13.4. The minimum Gasteiger partial charge on any atom is -0.491 e. The normalized spacial score (nSPS) is 13.4. The summed E-state index contributed by atoms with van der Waals surface area (Å²) in [6.45, 7) is 35.6. The van der Waals surface area contributed by atoms with E-state index in [0.717, 1.165) is 125 Å². The van der Waals surface area contributed by atoms with E-state index in [-0.39, 0.29) is 5.97 Å². The third-order valence-electron chi connectivity index (χ3n) is 10.9. The van der Waals surface area contributed by atoms with Gasteiger partial charge in [0.2, 0.25) is 0 Å². The summed E-state index contributed by atoms with van der Waals surface area (Å²) in [6, 6.07) is 12.8. The first-order valence-electron chi connectivity index (χ1n) is 24.0. The lowest BCUT2D eigenvalue weighted by Crippen LogP contribution is -2.66. The van der Waals surface area contributed by atoms with Gasteiger partial charge >= 0.3 is 48.8 Å². The standard InChI is InChI=1S/C43H96O7Si6/c1-16-29-51(30-17-2,31-18-3)46-53(34-21-6,35-22-7)48-55(38-25-10,39-26-11)50-56(40-27-12,41-28-13)49-54(36-23-8,37-24-9)47-52(32-19-4,33-20-5)45-43(44)42(14)15/h14,16-41H2,1-13,15H3. The number of carbonyl (C=O) groups excluding carboxylic acids is 1. The van der Waals surface area contributed by atoms with Crippen LogP contribution in [0.1, 0.15) is 180 Å². The van der Waals surface area contributed by atoms with Gasteiger partial charge in [-0.15, -0.1) is 0 Å². The van der Waals surface area contributed by atoms with Gasteiger partial charge in [0.25, 0.3) is 0 Å². The van der Waals surface area contributed by atoms with Gasteiger partial charge in [0.05, 0.1) is 0 Å². The van der Waals surface area contributed by atoms with Gasteiger partial charge in [0.1, 0.15) is 0 Å². The molecular weight excluding hydrogens is 797 g/mol. The SMILES string of the molecule is C=C(C)C(=O)O[Si](CCC)(CCC)O[Si](CCC)(CCC)O[Si](CCC)(CCC)O[Si](CCC)(CCC)O[Si](CCC)(CCC)O[Si](CCC)(CCC)CCC. The molecule has 0 atom stereocenters. The zero-order valence-corrected chi connectivity index (χ0v) is 45.9. The van der Waals surface area contributed by atoms with Crippen LogP contribution in [0.5, 0.6) is 0 Å². The van der Waals surface area contributed by atoms with Crippen molar-refractivity contribution in [3.05, 3.63) is 12.2 Å². The van der Waals surface area contributed by atoms with Crippen LogP contribution in [-0.4, -0.2) is 57.1 Å². The van der Waals surface area contributed by atoms with Crippen molar-refractivity contribution < 1.29 is 29.8 Å². The monoisotopic (exact) mass is 893 g/mol. The van der Waals surface area contributed by atoms with Crippen molar-refractivity contribution in [2.45, 2.75) is 259 Å². The van der Waals surface area contributed by atoms with Crippen LogP contribution in [0.25, 0.3) is 0 Å². The largest absolute Gasteiger partial charge is 0.491 e. The molecule has 0 saturated heterocycles. The summed E-state index contributed by atoms with van der Waals surface area (Å²) in [7, 11) is -16.6. The molecule has 334 valence electrons. The van der Waals surface area contributed by atoms with Crippen LogP contribution < -0.4 is 0 Å².